The van der Waals surface area contributed by atoms with Gasteiger partial charge >= 0.3 is 0 Å². The van der Waals surface area contributed by atoms with Gasteiger partial charge in [0.25, 0.3) is 0 Å². The van der Waals surface area contributed by atoms with Crippen LogP contribution in [0.15, 0.2) is 97.1 Å². The van der Waals surface area contributed by atoms with Crippen molar-refractivity contribution in [3.05, 3.63) is 130 Å². The first kappa shape index (κ1) is 29.5. The Morgan fingerprint density at radius 3 is 1.05 bits per heavy atom. The van der Waals surface area contributed by atoms with Crippen LogP contribution in [0.1, 0.15) is 98.6 Å². The van der Waals surface area contributed by atoms with Crippen molar-refractivity contribution in [1.29, 1.82) is 0 Å². The summed E-state index contributed by atoms with van der Waals surface area (Å²) in [4.78, 5) is 0. The van der Waals surface area contributed by atoms with Crippen molar-refractivity contribution in [2.75, 3.05) is 0 Å². The number of hydrogen-bond acceptors (Lipinski definition) is 0. The summed E-state index contributed by atoms with van der Waals surface area (Å²) in [5.41, 5.74) is 7.06. The zero-order chi connectivity index (χ0) is 30.1. The fourth-order valence-corrected chi connectivity index (χ4v) is 6.29. The maximum Gasteiger partial charge on any atom is 0.0261 e. The third kappa shape index (κ3) is 7.16. The van der Waals surface area contributed by atoms with Gasteiger partial charge in [-0.05, 0) is 118 Å². The minimum Gasteiger partial charge on any atom is -0.0654 e. The first-order valence-corrected chi connectivity index (χ1v) is 16.6. The molecule has 0 aliphatic heterocycles. The lowest BCUT2D eigenvalue weighted by atomic mass is 9.91. The molecule has 6 aromatic carbocycles. The highest BCUT2D eigenvalue weighted by Gasteiger charge is 2.10. The summed E-state index contributed by atoms with van der Waals surface area (Å²) < 4.78 is 0. The molecule has 0 saturated carbocycles. The van der Waals surface area contributed by atoms with Crippen molar-refractivity contribution in [2.45, 2.75) is 78.1 Å². The molecule has 6 rings (SSSR count). The van der Waals surface area contributed by atoms with Crippen LogP contribution in [-0.2, 0) is 12.8 Å². The van der Waals surface area contributed by atoms with Crippen molar-refractivity contribution >= 4 is 32.3 Å². The Balaban J connectivity index is 1.20. The van der Waals surface area contributed by atoms with E-state index in [0.29, 0.717) is 0 Å². The molecule has 44 heavy (non-hydrogen) atoms. The maximum atomic E-state index is 3.43. The van der Waals surface area contributed by atoms with Gasteiger partial charge in [-0.1, -0.05) is 125 Å². The third-order valence-electron chi connectivity index (χ3n) is 8.78. The van der Waals surface area contributed by atoms with Crippen LogP contribution >= 0.6 is 0 Å². The first-order valence-electron chi connectivity index (χ1n) is 16.6. The SMILES string of the molecule is CCCCCCc1ccc(C#Cc2cc3ccc4cc(C#Cc5ccc(CCCCCC)cc5)cc5ccc(c2)c3c45)cc1. The van der Waals surface area contributed by atoms with E-state index >= 15 is 0 Å². The number of rotatable bonds is 10. The molecule has 0 atom stereocenters. The molecule has 0 radical (unpaired) electrons. The molecule has 0 unspecified atom stereocenters. The second-order valence-corrected chi connectivity index (χ2v) is 12.2. The smallest absolute Gasteiger partial charge is 0.0261 e. The second-order valence-electron chi connectivity index (χ2n) is 12.2. The lowest BCUT2D eigenvalue weighted by Crippen LogP contribution is -1.88. The van der Waals surface area contributed by atoms with Gasteiger partial charge in [0.2, 0.25) is 0 Å². The van der Waals surface area contributed by atoms with E-state index in [4.69, 9.17) is 0 Å². The number of unbranched alkanes of at least 4 members (excludes halogenated alkanes) is 6. The summed E-state index contributed by atoms with van der Waals surface area (Å²) in [6.07, 6.45) is 12.7. The molecule has 0 saturated heterocycles. The van der Waals surface area contributed by atoms with Crippen LogP contribution in [0.5, 0.6) is 0 Å². The predicted molar refractivity (Wildman–Crippen MR) is 191 cm³/mol. The van der Waals surface area contributed by atoms with E-state index < -0.39 is 0 Å². The van der Waals surface area contributed by atoms with E-state index in [2.05, 4.69) is 135 Å². The average Bonchev–Trinajstić information content (AvgIpc) is 3.06. The summed E-state index contributed by atoms with van der Waals surface area (Å²) in [6, 6.07) is 35.5. The van der Waals surface area contributed by atoms with Gasteiger partial charge in [0, 0.05) is 22.3 Å². The number of benzene rings is 6. The monoisotopic (exact) mass is 570 g/mol. The third-order valence-corrected chi connectivity index (χ3v) is 8.78. The zero-order valence-corrected chi connectivity index (χ0v) is 26.3. The fourth-order valence-electron chi connectivity index (χ4n) is 6.29. The van der Waals surface area contributed by atoms with E-state index in [1.807, 2.05) is 0 Å². The van der Waals surface area contributed by atoms with Gasteiger partial charge in [0.15, 0.2) is 0 Å². The minimum absolute atomic E-state index is 1.05. The summed E-state index contributed by atoms with van der Waals surface area (Å²) >= 11 is 0. The minimum atomic E-state index is 1.05. The Morgan fingerprint density at radius 2 is 0.705 bits per heavy atom. The van der Waals surface area contributed by atoms with E-state index in [1.54, 1.807) is 0 Å². The molecule has 0 spiro atoms. The molecule has 0 aliphatic rings. The maximum absolute atomic E-state index is 3.43. The summed E-state index contributed by atoms with van der Waals surface area (Å²) in [5, 5.41) is 7.57. The highest BCUT2D eigenvalue weighted by Crippen LogP contribution is 2.36. The van der Waals surface area contributed by atoms with Crippen LogP contribution in [0.2, 0.25) is 0 Å². The number of hydrogen-bond donors (Lipinski definition) is 0. The van der Waals surface area contributed by atoms with Crippen LogP contribution in [0.3, 0.4) is 0 Å². The molecule has 0 nitrogen and oxygen atoms in total. The fraction of sp³-hybridized carbons (Fsp3) is 0.273. The predicted octanol–water partition coefficient (Wildman–Crippen LogP) is 11.6. The van der Waals surface area contributed by atoms with Gasteiger partial charge < -0.3 is 0 Å². The van der Waals surface area contributed by atoms with E-state index in [0.717, 1.165) is 35.1 Å². The lowest BCUT2D eigenvalue weighted by Gasteiger charge is -2.12. The van der Waals surface area contributed by atoms with Crippen molar-refractivity contribution in [3.8, 4) is 23.7 Å². The molecule has 0 N–H and O–H groups in total. The van der Waals surface area contributed by atoms with Gasteiger partial charge in [0.1, 0.15) is 0 Å². The van der Waals surface area contributed by atoms with Crippen molar-refractivity contribution in [3.63, 3.8) is 0 Å². The first-order chi connectivity index (χ1) is 21.7. The quantitative estimate of drug-likeness (QED) is 0.0873. The van der Waals surface area contributed by atoms with Crippen molar-refractivity contribution in [1.82, 2.24) is 0 Å². The van der Waals surface area contributed by atoms with E-state index in [1.165, 1.54) is 94.8 Å². The Bertz CT molecular complexity index is 1750. The highest BCUT2D eigenvalue weighted by atomic mass is 14.1. The molecule has 0 aromatic heterocycles. The standard InChI is InChI=1S/C44H42/c1-3-5-7-9-11-33-13-17-35(18-14-33)21-23-37-29-39-25-27-41-31-38(32-42-28-26-40(30-37)43(39)44(41)42)24-22-36-19-15-34(16-20-36)12-10-8-6-4-2/h13-20,25-32H,3-12H2,1-2H3. The van der Waals surface area contributed by atoms with Crippen LogP contribution in [-0.4, -0.2) is 0 Å². The highest BCUT2D eigenvalue weighted by molar-refractivity contribution is 6.23. The van der Waals surface area contributed by atoms with Crippen LogP contribution in [0.25, 0.3) is 32.3 Å². The molecule has 218 valence electrons. The van der Waals surface area contributed by atoms with Crippen LogP contribution < -0.4 is 0 Å². The summed E-state index contributed by atoms with van der Waals surface area (Å²) in [5.74, 6) is 13.7. The van der Waals surface area contributed by atoms with Crippen LogP contribution in [0, 0.1) is 23.7 Å². The van der Waals surface area contributed by atoms with Gasteiger partial charge in [0.05, 0.1) is 0 Å². The van der Waals surface area contributed by atoms with Crippen molar-refractivity contribution < 1.29 is 0 Å². The molecule has 0 aliphatic carbocycles. The Hall–Kier alpha value is -4.52. The summed E-state index contributed by atoms with van der Waals surface area (Å²) in [7, 11) is 0. The van der Waals surface area contributed by atoms with Gasteiger partial charge in [-0.2, -0.15) is 0 Å². The van der Waals surface area contributed by atoms with Crippen LogP contribution in [0.4, 0.5) is 0 Å². The molecular weight excluding hydrogens is 528 g/mol. The van der Waals surface area contributed by atoms with Gasteiger partial charge in [-0.3, -0.25) is 0 Å². The molecule has 0 bridgehead atoms. The molecule has 0 amide bonds. The average molecular weight is 571 g/mol. The Kier molecular flexibility index (Phi) is 9.60. The van der Waals surface area contributed by atoms with E-state index in [9.17, 15) is 0 Å². The molecular formula is C44H42. The molecule has 6 aromatic rings. The largest absolute Gasteiger partial charge is 0.0654 e. The lowest BCUT2D eigenvalue weighted by molar-refractivity contribution is 0.667. The van der Waals surface area contributed by atoms with Crippen molar-refractivity contribution in [2.24, 2.45) is 0 Å². The topological polar surface area (TPSA) is 0 Å². The zero-order valence-electron chi connectivity index (χ0n) is 26.3. The molecule has 0 fully saturated rings. The van der Waals surface area contributed by atoms with Gasteiger partial charge in [-0.25, -0.2) is 0 Å². The molecule has 0 heterocycles. The summed E-state index contributed by atoms with van der Waals surface area (Å²) in [6.45, 7) is 4.52. The normalized spacial score (nSPS) is 11.0. The van der Waals surface area contributed by atoms with E-state index in [-0.39, 0.29) is 0 Å². The Morgan fingerprint density at radius 1 is 0.364 bits per heavy atom. The second kappa shape index (κ2) is 14.3. The van der Waals surface area contributed by atoms with Gasteiger partial charge in [-0.15, -0.1) is 0 Å². The Labute approximate surface area is 263 Å². The molecule has 0 heteroatoms. The number of aryl methyl sites for hydroxylation is 2.